The van der Waals surface area contributed by atoms with Gasteiger partial charge in [0.1, 0.15) is 17.1 Å². The quantitative estimate of drug-likeness (QED) is 0.170. The van der Waals surface area contributed by atoms with Crippen LogP contribution >= 0.6 is 0 Å². The number of esters is 1. The van der Waals surface area contributed by atoms with Gasteiger partial charge in [0, 0.05) is 19.5 Å². The minimum atomic E-state index is -1.04. The molecule has 0 unspecified atom stereocenters. The van der Waals surface area contributed by atoms with Gasteiger partial charge in [0.25, 0.3) is 5.91 Å². The molecule has 0 fully saturated rings. The van der Waals surface area contributed by atoms with Crippen molar-refractivity contribution in [3.05, 3.63) is 89.5 Å². The molecule has 3 aromatic rings. The van der Waals surface area contributed by atoms with Crippen molar-refractivity contribution in [3.8, 4) is 11.5 Å². The highest BCUT2D eigenvalue weighted by atomic mass is 16.7. The SMILES string of the molecule is CCCCCCCCc1ccc(CN(C(=O)COc2ccccc2)c2ccc3c(c2)C(=O)OC(C)(C)O3)cc1. The van der Waals surface area contributed by atoms with Crippen LogP contribution in [0.3, 0.4) is 0 Å². The second-order valence-corrected chi connectivity index (χ2v) is 10.5. The number of rotatable bonds is 13. The van der Waals surface area contributed by atoms with Crippen molar-refractivity contribution in [2.45, 2.75) is 78.0 Å². The van der Waals surface area contributed by atoms with Crippen molar-refractivity contribution in [2.75, 3.05) is 11.5 Å². The van der Waals surface area contributed by atoms with Crippen molar-refractivity contribution in [1.29, 1.82) is 0 Å². The number of amides is 1. The maximum atomic E-state index is 13.4. The third-order valence-electron chi connectivity index (χ3n) is 6.78. The van der Waals surface area contributed by atoms with Gasteiger partial charge in [0.2, 0.25) is 5.79 Å². The van der Waals surface area contributed by atoms with Gasteiger partial charge < -0.3 is 19.1 Å². The van der Waals surface area contributed by atoms with E-state index < -0.39 is 11.8 Å². The molecule has 0 saturated heterocycles. The molecule has 1 aliphatic heterocycles. The zero-order valence-corrected chi connectivity index (χ0v) is 23.3. The third-order valence-corrected chi connectivity index (χ3v) is 6.78. The van der Waals surface area contributed by atoms with Crippen molar-refractivity contribution in [3.63, 3.8) is 0 Å². The van der Waals surface area contributed by atoms with E-state index in [1.807, 2.05) is 30.3 Å². The van der Waals surface area contributed by atoms with Gasteiger partial charge in [-0.05, 0) is 54.3 Å². The number of fused-ring (bicyclic) bond motifs is 1. The Labute approximate surface area is 231 Å². The van der Waals surface area contributed by atoms with Crippen molar-refractivity contribution >= 4 is 17.6 Å². The maximum Gasteiger partial charge on any atom is 0.345 e. The molecule has 0 radical (unpaired) electrons. The van der Waals surface area contributed by atoms with E-state index in [4.69, 9.17) is 14.2 Å². The minimum Gasteiger partial charge on any atom is -0.484 e. The Morgan fingerprint density at radius 1 is 0.846 bits per heavy atom. The van der Waals surface area contributed by atoms with Gasteiger partial charge in [-0.15, -0.1) is 0 Å². The van der Waals surface area contributed by atoms with Crippen LogP contribution in [0.2, 0.25) is 0 Å². The summed E-state index contributed by atoms with van der Waals surface area (Å²) in [7, 11) is 0. The largest absolute Gasteiger partial charge is 0.484 e. The maximum absolute atomic E-state index is 13.4. The topological polar surface area (TPSA) is 65.1 Å². The van der Waals surface area contributed by atoms with E-state index >= 15 is 0 Å². The fourth-order valence-corrected chi connectivity index (χ4v) is 4.66. The Morgan fingerprint density at radius 2 is 1.54 bits per heavy atom. The summed E-state index contributed by atoms with van der Waals surface area (Å²) in [5.41, 5.74) is 3.16. The smallest absolute Gasteiger partial charge is 0.345 e. The number of unbranched alkanes of at least 4 members (excludes halogenated alkanes) is 5. The van der Waals surface area contributed by atoms with E-state index in [9.17, 15) is 9.59 Å². The second kappa shape index (κ2) is 13.3. The Hall–Kier alpha value is -3.80. The average Bonchev–Trinajstić information content (AvgIpc) is 2.93. The number of ether oxygens (including phenoxy) is 3. The van der Waals surface area contributed by atoms with Gasteiger partial charge in [-0.2, -0.15) is 0 Å². The number of hydrogen-bond acceptors (Lipinski definition) is 5. The first-order chi connectivity index (χ1) is 18.8. The molecule has 0 aliphatic carbocycles. The van der Waals surface area contributed by atoms with Crippen molar-refractivity contribution in [1.82, 2.24) is 0 Å². The lowest BCUT2D eigenvalue weighted by Crippen LogP contribution is -2.39. The predicted molar refractivity (Wildman–Crippen MR) is 153 cm³/mol. The van der Waals surface area contributed by atoms with Crippen LogP contribution in [0.5, 0.6) is 11.5 Å². The summed E-state index contributed by atoms with van der Waals surface area (Å²) in [6, 6.07) is 22.8. The predicted octanol–water partition coefficient (Wildman–Crippen LogP) is 7.49. The molecule has 6 heteroatoms. The van der Waals surface area contributed by atoms with Crippen LogP contribution in [0, 0.1) is 0 Å². The first kappa shape index (κ1) is 28.2. The van der Waals surface area contributed by atoms with Gasteiger partial charge in [-0.25, -0.2) is 4.79 Å². The number of nitrogens with zero attached hydrogens (tertiary/aromatic N) is 1. The zero-order chi connectivity index (χ0) is 27.7. The number of benzene rings is 3. The van der Waals surface area contributed by atoms with Crippen LogP contribution in [0.1, 0.15) is 80.8 Å². The molecule has 0 bridgehead atoms. The molecule has 6 nitrogen and oxygen atoms in total. The normalized spacial score (nSPS) is 13.7. The van der Waals surface area contributed by atoms with Crippen LogP contribution in [0.25, 0.3) is 0 Å². The van der Waals surface area contributed by atoms with Gasteiger partial charge in [-0.1, -0.05) is 81.5 Å². The summed E-state index contributed by atoms with van der Waals surface area (Å²) < 4.78 is 17.0. The third kappa shape index (κ3) is 8.09. The standard InChI is InChI=1S/C33H39NO5/c1-4-5-6-7-8-10-13-25-16-18-26(19-17-25)23-34(31(35)24-37-28-14-11-9-12-15-28)27-20-21-30-29(22-27)32(36)39-33(2,3)38-30/h9,11-12,14-22H,4-8,10,13,23-24H2,1-3H3. The lowest BCUT2D eigenvalue weighted by molar-refractivity contribution is -0.127. The van der Waals surface area contributed by atoms with E-state index in [1.165, 1.54) is 44.1 Å². The molecule has 1 amide bonds. The molecular formula is C33H39NO5. The van der Waals surface area contributed by atoms with Crippen LogP contribution in [0.4, 0.5) is 5.69 Å². The molecule has 39 heavy (non-hydrogen) atoms. The number of cyclic esters (lactones) is 1. The number of hydrogen-bond donors (Lipinski definition) is 0. The van der Waals surface area contributed by atoms with Crippen LogP contribution in [-0.2, 0) is 22.5 Å². The van der Waals surface area contributed by atoms with E-state index in [1.54, 1.807) is 36.9 Å². The fourth-order valence-electron chi connectivity index (χ4n) is 4.66. The molecule has 4 rings (SSSR count). The lowest BCUT2D eigenvalue weighted by Gasteiger charge is -2.32. The van der Waals surface area contributed by atoms with E-state index in [2.05, 4.69) is 31.2 Å². The fraction of sp³-hybridized carbons (Fsp3) is 0.394. The first-order valence-corrected chi connectivity index (χ1v) is 14.0. The average molecular weight is 530 g/mol. The summed E-state index contributed by atoms with van der Waals surface area (Å²) in [5, 5.41) is 0. The molecule has 206 valence electrons. The number of carbonyl (C=O) groups excluding carboxylic acids is 2. The van der Waals surface area contributed by atoms with Gasteiger partial charge in [0.05, 0.1) is 6.54 Å². The summed E-state index contributed by atoms with van der Waals surface area (Å²) in [6.07, 6.45) is 8.70. The molecule has 0 saturated carbocycles. The molecule has 1 aliphatic rings. The van der Waals surface area contributed by atoms with Gasteiger partial charge >= 0.3 is 5.97 Å². The van der Waals surface area contributed by atoms with Crippen molar-refractivity contribution in [2.24, 2.45) is 0 Å². The minimum absolute atomic E-state index is 0.134. The lowest BCUT2D eigenvalue weighted by atomic mass is 10.0. The summed E-state index contributed by atoms with van der Waals surface area (Å²) >= 11 is 0. The Kier molecular flexibility index (Phi) is 9.64. The highest BCUT2D eigenvalue weighted by Crippen LogP contribution is 2.34. The number of para-hydroxylation sites is 1. The highest BCUT2D eigenvalue weighted by Gasteiger charge is 2.34. The van der Waals surface area contributed by atoms with Gasteiger partial charge in [0.15, 0.2) is 6.61 Å². The molecule has 0 aromatic heterocycles. The van der Waals surface area contributed by atoms with E-state index in [0.29, 0.717) is 29.3 Å². The second-order valence-electron chi connectivity index (χ2n) is 10.5. The summed E-state index contributed by atoms with van der Waals surface area (Å²) in [4.78, 5) is 27.8. The Bertz CT molecular complexity index is 1240. The molecule has 3 aromatic carbocycles. The number of carbonyl (C=O) groups is 2. The zero-order valence-electron chi connectivity index (χ0n) is 23.3. The first-order valence-electron chi connectivity index (χ1n) is 14.0. The Morgan fingerprint density at radius 3 is 2.28 bits per heavy atom. The van der Waals surface area contributed by atoms with E-state index in [-0.39, 0.29) is 12.5 Å². The molecular weight excluding hydrogens is 490 g/mol. The number of aryl methyl sites for hydroxylation is 1. The molecule has 1 heterocycles. The molecule has 0 spiro atoms. The van der Waals surface area contributed by atoms with Crippen LogP contribution in [-0.4, -0.2) is 24.3 Å². The van der Waals surface area contributed by atoms with Crippen molar-refractivity contribution < 1.29 is 23.8 Å². The molecule has 0 atom stereocenters. The van der Waals surface area contributed by atoms with Gasteiger partial charge in [-0.3, -0.25) is 4.79 Å². The highest BCUT2D eigenvalue weighted by molar-refractivity contribution is 5.98. The van der Waals surface area contributed by atoms with Crippen LogP contribution < -0.4 is 14.4 Å². The van der Waals surface area contributed by atoms with E-state index in [0.717, 1.165) is 12.0 Å². The monoisotopic (exact) mass is 529 g/mol. The van der Waals surface area contributed by atoms with Crippen LogP contribution in [0.15, 0.2) is 72.8 Å². The Balaban J connectivity index is 1.48. The summed E-state index contributed by atoms with van der Waals surface area (Å²) in [6.45, 7) is 5.82. The summed E-state index contributed by atoms with van der Waals surface area (Å²) in [5.74, 6) is -0.682. The number of anilines is 1. The molecule has 0 N–H and O–H groups in total.